The zero-order valence-electron chi connectivity index (χ0n) is 19.3. The largest absolute Gasteiger partial charge is 0.444 e. The predicted molar refractivity (Wildman–Crippen MR) is 128 cm³/mol. The number of amides is 1. The number of aromatic amines is 2. The SMILES string of the molecule is C/C=C(\C=C/Cc1ccc(C(=O)c2cc3c([nH]2)C=CCC=C3C)[nH]1)NC(=O)OC(C)(C)C. The maximum Gasteiger partial charge on any atom is 0.412 e. The van der Waals surface area contributed by atoms with E-state index in [9.17, 15) is 9.59 Å². The molecule has 2 heterocycles. The topological polar surface area (TPSA) is 87.0 Å². The number of hydrogen-bond donors (Lipinski definition) is 3. The smallest absolute Gasteiger partial charge is 0.412 e. The first-order valence-corrected chi connectivity index (χ1v) is 10.8. The molecule has 0 bridgehead atoms. The van der Waals surface area contributed by atoms with Crippen molar-refractivity contribution in [2.45, 2.75) is 53.1 Å². The number of ether oxygens (including phenoxy) is 1. The van der Waals surface area contributed by atoms with Crippen LogP contribution in [-0.2, 0) is 11.2 Å². The standard InChI is InChI=1S/C26H31N3O3/c1-6-18(28-25(31)32-26(3,4)5)11-9-12-19-14-15-22(27-19)24(30)23-16-20-17(2)10-7-8-13-21(20)29-23/h6,8-11,13-16,27,29H,7,12H2,1-5H3,(H,28,31)/b11-9-,18-6+. The van der Waals surface area contributed by atoms with E-state index in [2.05, 4.69) is 34.4 Å². The van der Waals surface area contributed by atoms with Gasteiger partial charge >= 0.3 is 6.09 Å². The van der Waals surface area contributed by atoms with Gasteiger partial charge in [0.05, 0.1) is 11.4 Å². The molecule has 1 amide bonds. The van der Waals surface area contributed by atoms with E-state index in [0.717, 1.165) is 28.9 Å². The minimum absolute atomic E-state index is 0.0739. The van der Waals surface area contributed by atoms with Crippen LogP contribution in [0.15, 0.2) is 54.3 Å². The third kappa shape index (κ3) is 6.00. The predicted octanol–water partition coefficient (Wildman–Crippen LogP) is 5.92. The van der Waals surface area contributed by atoms with Crippen LogP contribution >= 0.6 is 0 Å². The highest BCUT2D eigenvalue weighted by Gasteiger charge is 2.18. The van der Waals surface area contributed by atoms with Crippen molar-refractivity contribution in [1.82, 2.24) is 15.3 Å². The number of alkyl carbamates (subject to hydrolysis) is 1. The van der Waals surface area contributed by atoms with E-state index in [-0.39, 0.29) is 5.78 Å². The van der Waals surface area contributed by atoms with Gasteiger partial charge in [0.1, 0.15) is 5.60 Å². The van der Waals surface area contributed by atoms with Gasteiger partial charge in [-0.2, -0.15) is 0 Å². The van der Waals surface area contributed by atoms with Gasteiger partial charge in [0, 0.05) is 29.1 Å². The fourth-order valence-electron chi connectivity index (χ4n) is 3.37. The Hall–Kier alpha value is -3.54. The molecular weight excluding hydrogens is 402 g/mol. The molecule has 0 aliphatic heterocycles. The maximum atomic E-state index is 12.9. The molecule has 6 nitrogen and oxygen atoms in total. The molecule has 0 unspecified atom stereocenters. The lowest BCUT2D eigenvalue weighted by Gasteiger charge is -2.19. The number of aromatic nitrogens is 2. The van der Waals surface area contributed by atoms with Crippen molar-refractivity contribution in [3.63, 3.8) is 0 Å². The van der Waals surface area contributed by atoms with Gasteiger partial charge < -0.3 is 14.7 Å². The second-order valence-electron chi connectivity index (χ2n) is 8.74. The minimum atomic E-state index is -0.553. The molecule has 0 aromatic carbocycles. The minimum Gasteiger partial charge on any atom is -0.444 e. The Balaban J connectivity index is 1.62. The Morgan fingerprint density at radius 1 is 1.19 bits per heavy atom. The first-order valence-electron chi connectivity index (χ1n) is 10.8. The lowest BCUT2D eigenvalue weighted by molar-refractivity contribution is 0.0547. The number of nitrogens with one attached hydrogen (secondary N) is 3. The fourth-order valence-corrected chi connectivity index (χ4v) is 3.37. The lowest BCUT2D eigenvalue weighted by atomic mass is 10.1. The lowest BCUT2D eigenvalue weighted by Crippen LogP contribution is -2.31. The molecule has 0 saturated carbocycles. The second kappa shape index (κ2) is 9.73. The summed E-state index contributed by atoms with van der Waals surface area (Å²) in [5.41, 5.74) is 5.29. The molecule has 6 heteroatoms. The van der Waals surface area contributed by atoms with E-state index >= 15 is 0 Å². The molecule has 168 valence electrons. The van der Waals surface area contributed by atoms with Crippen molar-refractivity contribution >= 4 is 23.5 Å². The number of carbonyl (C=O) groups is 2. The summed E-state index contributed by atoms with van der Waals surface area (Å²) in [6.07, 6.45) is 12.8. The third-order valence-electron chi connectivity index (χ3n) is 4.94. The average molecular weight is 434 g/mol. The number of fused-ring (bicyclic) bond motifs is 1. The van der Waals surface area contributed by atoms with E-state index in [4.69, 9.17) is 4.74 Å². The van der Waals surface area contributed by atoms with Crippen molar-refractivity contribution in [2.75, 3.05) is 0 Å². The summed E-state index contributed by atoms with van der Waals surface area (Å²) in [5, 5.41) is 2.72. The third-order valence-corrected chi connectivity index (χ3v) is 4.94. The summed E-state index contributed by atoms with van der Waals surface area (Å²) in [5.74, 6) is -0.0739. The van der Waals surface area contributed by atoms with Crippen LogP contribution in [0.1, 0.15) is 74.2 Å². The van der Waals surface area contributed by atoms with E-state index in [1.165, 1.54) is 0 Å². The first-order chi connectivity index (χ1) is 15.2. The van der Waals surface area contributed by atoms with E-state index in [1.54, 1.807) is 12.1 Å². The molecule has 3 rings (SSSR count). The Morgan fingerprint density at radius 2 is 1.97 bits per heavy atom. The number of hydrogen-bond acceptors (Lipinski definition) is 3. The van der Waals surface area contributed by atoms with Crippen LogP contribution in [0, 0.1) is 0 Å². The molecule has 0 saturated heterocycles. The van der Waals surface area contributed by atoms with Gasteiger partial charge in [-0.25, -0.2) is 4.79 Å². The Bertz CT molecular complexity index is 1120. The van der Waals surface area contributed by atoms with Crippen LogP contribution in [0.5, 0.6) is 0 Å². The number of allylic oxidation sites excluding steroid dienone is 6. The van der Waals surface area contributed by atoms with Crippen molar-refractivity contribution < 1.29 is 14.3 Å². The van der Waals surface area contributed by atoms with Gasteiger partial charge in [-0.1, -0.05) is 24.3 Å². The number of rotatable bonds is 6. The maximum absolute atomic E-state index is 12.9. The molecule has 1 aliphatic rings. The zero-order valence-corrected chi connectivity index (χ0v) is 19.3. The number of carbonyl (C=O) groups excluding carboxylic acids is 2. The van der Waals surface area contributed by atoms with Gasteiger partial charge in [0.2, 0.25) is 5.78 Å². The Kier molecular flexibility index (Phi) is 7.03. The van der Waals surface area contributed by atoms with Crippen LogP contribution in [0.4, 0.5) is 4.79 Å². The number of H-pyrrole nitrogens is 2. The van der Waals surface area contributed by atoms with Crippen molar-refractivity contribution in [1.29, 1.82) is 0 Å². The summed E-state index contributed by atoms with van der Waals surface area (Å²) in [4.78, 5) is 31.3. The van der Waals surface area contributed by atoms with Crippen molar-refractivity contribution in [3.8, 4) is 0 Å². The van der Waals surface area contributed by atoms with E-state index in [0.29, 0.717) is 23.5 Å². The average Bonchev–Trinajstić information content (AvgIpc) is 3.32. The second-order valence-corrected chi connectivity index (χ2v) is 8.74. The molecule has 32 heavy (non-hydrogen) atoms. The summed E-state index contributed by atoms with van der Waals surface area (Å²) in [6, 6.07) is 5.61. The molecular formula is C26H31N3O3. The normalized spacial score (nSPS) is 14.2. The molecule has 2 aromatic rings. The summed E-state index contributed by atoms with van der Waals surface area (Å²) < 4.78 is 5.27. The highest BCUT2D eigenvalue weighted by molar-refractivity contribution is 6.07. The Labute approximate surface area is 189 Å². The highest BCUT2D eigenvalue weighted by Crippen LogP contribution is 2.26. The van der Waals surface area contributed by atoms with Crippen LogP contribution < -0.4 is 5.32 Å². The van der Waals surface area contributed by atoms with Crippen molar-refractivity contribution in [2.24, 2.45) is 0 Å². The monoisotopic (exact) mass is 433 g/mol. The quantitative estimate of drug-likeness (QED) is 0.390. The Morgan fingerprint density at radius 3 is 2.69 bits per heavy atom. The van der Waals surface area contributed by atoms with Crippen LogP contribution in [0.2, 0.25) is 0 Å². The van der Waals surface area contributed by atoms with Crippen LogP contribution in [0.25, 0.3) is 11.6 Å². The fraction of sp³-hybridized carbons (Fsp3) is 0.308. The van der Waals surface area contributed by atoms with Crippen molar-refractivity contribution in [3.05, 3.63) is 82.6 Å². The molecule has 0 atom stereocenters. The van der Waals surface area contributed by atoms with Crippen LogP contribution in [-0.4, -0.2) is 27.4 Å². The molecule has 0 fully saturated rings. The molecule has 1 aliphatic carbocycles. The molecule has 0 spiro atoms. The summed E-state index contributed by atoms with van der Waals surface area (Å²) >= 11 is 0. The highest BCUT2D eigenvalue weighted by atomic mass is 16.6. The van der Waals surface area contributed by atoms with Gasteiger partial charge in [-0.3, -0.25) is 10.1 Å². The van der Waals surface area contributed by atoms with Gasteiger partial charge in [0.15, 0.2) is 0 Å². The number of ketones is 1. The molecule has 2 aromatic heterocycles. The molecule has 0 radical (unpaired) electrons. The van der Waals surface area contributed by atoms with E-state index in [1.807, 2.05) is 58.1 Å². The van der Waals surface area contributed by atoms with E-state index < -0.39 is 11.7 Å². The van der Waals surface area contributed by atoms with Gasteiger partial charge in [-0.05, 0) is 77.0 Å². The van der Waals surface area contributed by atoms with Gasteiger partial charge in [0.25, 0.3) is 0 Å². The van der Waals surface area contributed by atoms with Gasteiger partial charge in [-0.15, -0.1) is 0 Å². The zero-order chi connectivity index (χ0) is 23.3. The first kappa shape index (κ1) is 23.1. The molecule has 3 N–H and O–H groups in total. The summed E-state index contributed by atoms with van der Waals surface area (Å²) in [6.45, 7) is 9.36. The summed E-state index contributed by atoms with van der Waals surface area (Å²) in [7, 11) is 0. The van der Waals surface area contributed by atoms with Crippen LogP contribution in [0.3, 0.4) is 0 Å².